The fourth-order valence-corrected chi connectivity index (χ4v) is 4.22. The van der Waals surface area contributed by atoms with Gasteiger partial charge in [0.15, 0.2) is 0 Å². The molecule has 0 saturated carbocycles. The van der Waals surface area contributed by atoms with Crippen LogP contribution in [0, 0.1) is 0 Å². The summed E-state index contributed by atoms with van der Waals surface area (Å²) in [5.74, 6) is -0.837. The average molecular weight is 514 g/mol. The lowest BCUT2D eigenvalue weighted by Crippen LogP contribution is -2.52. The highest BCUT2D eigenvalue weighted by Crippen LogP contribution is 2.28. The second-order valence-corrected chi connectivity index (χ2v) is 10.6. The third kappa shape index (κ3) is 7.62. The molecule has 0 heterocycles. The van der Waals surface area contributed by atoms with Crippen molar-refractivity contribution in [2.75, 3.05) is 17.1 Å². The van der Waals surface area contributed by atoms with E-state index in [-0.39, 0.29) is 34.2 Å². The van der Waals surface area contributed by atoms with Gasteiger partial charge in [0.05, 0.1) is 22.0 Å². The molecule has 0 aliphatic carbocycles. The molecule has 0 saturated heterocycles. The lowest BCUT2D eigenvalue weighted by molar-refractivity contribution is -0.139. The second kappa shape index (κ2) is 11.7. The standard InChI is InChI=1S/C23H29Cl2N3O4S/c1-5-16(2)26-23(30)17(3)27(14-18-9-7-6-8-10-18)22(29)15-28(33(4,31)32)19-11-12-20(24)21(25)13-19/h6-13,16-17H,5,14-15H2,1-4H3,(H,26,30)/t16-,17+/m0/s1. The number of rotatable bonds is 10. The molecule has 0 fully saturated rings. The van der Waals surface area contributed by atoms with Crippen molar-refractivity contribution in [3.8, 4) is 0 Å². The average Bonchev–Trinajstić information content (AvgIpc) is 2.76. The number of hydrogen-bond acceptors (Lipinski definition) is 4. The Morgan fingerprint density at radius 2 is 1.67 bits per heavy atom. The van der Waals surface area contributed by atoms with Crippen LogP contribution in [0.2, 0.25) is 10.0 Å². The SMILES string of the molecule is CC[C@H](C)NC(=O)[C@@H](C)N(Cc1ccccc1)C(=O)CN(c1ccc(Cl)c(Cl)c1)S(C)(=O)=O. The highest BCUT2D eigenvalue weighted by Gasteiger charge is 2.30. The smallest absolute Gasteiger partial charge is 0.244 e. The molecular formula is C23H29Cl2N3O4S. The molecule has 0 aromatic heterocycles. The van der Waals surface area contributed by atoms with Crippen LogP contribution in [0.1, 0.15) is 32.8 Å². The van der Waals surface area contributed by atoms with E-state index in [1.54, 1.807) is 6.92 Å². The van der Waals surface area contributed by atoms with Gasteiger partial charge in [0.25, 0.3) is 0 Å². The van der Waals surface area contributed by atoms with E-state index >= 15 is 0 Å². The number of benzene rings is 2. The van der Waals surface area contributed by atoms with Gasteiger partial charge in [0.2, 0.25) is 21.8 Å². The first-order valence-corrected chi connectivity index (χ1v) is 13.1. The van der Waals surface area contributed by atoms with Crippen LogP contribution in [0.25, 0.3) is 0 Å². The lowest BCUT2D eigenvalue weighted by atomic mass is 10.1. The van der Waals surface area contributed by atoms with Gasteiger partial charge in [0, 0.05) is 12.6 Å². The molecule has 10 heteroatoms. The van der Waals surface area contributed by atoms with E-state index in [1.807, 2.05) is 44.2 Å². The largest absolute Gasteiger partial charge is 0.352 e. The predicted molar refractivity (Wildman–Crippen MR) is 133 cm³/mol. The Hall–Kier alpha value is -2.29. The van der Waals surface area contributed by atoms with E-state index in [9.17, 15) is 18.0 Å². The van der Waals surface area contributed by atoms with Crippen LogP contribution in [-0.4, -0.2) is 50.0 Å². The van der Waals surface area contributed by atoms with Crippen molar-refractivity contribution in [1.82, 2.24) is 10.2 Å². The first-order valence-electron chi connectivity index (χ1n) is 10.5. The molecule has 0 bridgehead atoms. The van der Waals surface area contributed by atoms with Crippen molar-refractivity contribution in [3.05, 3.63) is 64.1 Å². The normalized spacial score (nSPS) is 13.2. The summed E-state index contributed by atoms with van der Waals surface area (Å²) in [6.45, 7) is 5.11. The number of carbonyl (C=O) groups is 2. The molecule has 1 N–H and O–H groups in total. The van der Waals surface area contributed by atoms with Crippen molar-refractivity contribution in [3.63, 3.8) is 0 Å². The highest BCUT2D eigenvalue weighted by atomic mass is 35.5. The van der Waals surface area contributed by atoms with Gasteiger partial charge in [-0.2, -0.15) is 0 Å². The Balaban J connectivity index is 2.38. The maximum Gasteiger partial charge on any atom is 0.244 e. The molecule has 0 radical (unpaired) electrons. The third-order valence-electron chi connectivity index (χ3n) is 5.23. The fourth-order valence-electron chi connectivity index (χ4n) is 3.08. The Bertz CT molecular complexity index is 1080. The summed E-state index contributed by atoms with van der Waals surface area (Å²) >= 11 is 12.0. The van der Waals surface area contributed by atoms with Crippen molar-refractivity contribution < 1.29 is 18.0 Å². The summed E-state index contributed by atoms with van der Waals surface area (Å²) in [7, 11) is -3.83. The summed E-state index contributed by atoms with van der Waals surface area (Å²) in [5, 5.41) is 3.31. The summed E-state index contributed by atoms with van der Waals surface area (Å²) < 4.78 is 26.0. The summed E-state index contributed by atoms with van der Waals surface area (Å²) in [6.07, 6.45) is 1.74. The molecule has 33 heavy (non-hydrogen) atoms. The monoisotopic (exact) mass is 513 g/mol. The molecule has 2 rings (SSSR count). The van der Waals surface area contributed by atoms with Gasteiger partial charge in [-0.15, -0.1) is 0 Å². The van der Waals surface area contributed by atoms with E-state index in [0.717, 1.165) is 22.5 Å². The maximum atomic E-state index is 13.4. The predicted octanol–water partition coefficient (Wildman–Crippen LogP) is 4.09. The Labute approximate surface area is 205 Å². The van der Waals surface area contributed by atoms with E-state index in [1.165, 1.54) is 23.1 Å². The van der Waals surface area contributed by atoms with Crippen LogP contribution in [0.3, 0.4) is 0 Å². The molecule has 0 unspecified atom stereocenters. The molecule has 2 atom stereocenters. The molecule has 2 aromatic rings. The van der Waals surface area contributed by atoms with Crippen molar-refractivity contribution >= 4 is 50.7 Å². The van der Waals surface area contributed by atoms with Crippen LogP contribution in [0.5, 0.6) is 0 Å². The molecule has 7 nitrogen and oxygen atoms in total. The number of amides is 2. The van der Waals surface area contributed by atoms with Gasteiger partial charge in [0.1, 0.15) is 12.6 Å². The topological polar surface area (TPSA) is 86.8 Å². The van der Waals surface area contributed by atoms with Gasteiger partial charge in [-0.3, -0.25) is 13.9 Å². The van der Waals surface area contributed by atoms with Gasteiger partial charge >= 0.3 is 0 Å². The highest BCUT2D eigenvalue weighted by molar-refractivity contribution is 7.92. The van der Waals surface area contributed by atoms with Gasteiger partial charge in [-0.25, -0.2) is 8.42 Å². The zero-order chi connectivity index (χ0) is 24.8. The van der Waals surface area contributed by atoms with E-state index in [2.05, 4.69) is 5.32 Å². The van der Waals surface area contributed by atoms with Crippen molar-refractivity contribution in [2.45, 2.75) is 45.8 Å². The minimum atomic E-state index is -3.83. The van der Waals surface area contributed by atoms with Gasteiger partial charge in [-0.05, 0) is 44.0 Å². The van der Waals surface area contributed by atoms with E-state index in [4.69, 9.17) is 23.2 Å². The number of hydrogen-bond donors (Lipinski definition) is 1. The van der Waals surface area contributed by atoms with Crippen LogP contribution >= 0.6 is 23.2 Å². The third-order valence-corrected chi connectivity index (χ3v) is 7.11. The zero-order valence-electron chi connectivity index (χ0n) is 19.1. The molecule has 0 aliphatic rings. The van der Waals surface area contributed by atoms with Crippen molar-refractivity contribution in [2.24, 2.45) is 0 Å². The van der Waals surface area contributed by atoms with Gasteiger partial charge in [-0.1, -0.05) is 60.5 Å². The van der Waals surface area contributed by atoms with Crippen LogP contribution in [0.4, 0.5) is 5.69 Å². The van der Waals surface area contributed by atoms with E-state index < -0.39 is 28.5 Å². The quantitative estimate of drug-likeness (QED) is 0.518. The second-order valence-electron chi connectivity index (χ2n) is 7.87. The molecule has 0 spiro atoms. The van der Waals surface area contributed by atoms with Crippen LogP contribution < -0.4 is 9.62 Å². The maximum absolute atomic E-state index is 13.4. The summed E-state index contributed by atoms with van der Waals surface area (Å²) in [6, 6.07) is 12.7. The zero-order valence-corrected chi connectivity index (χ0v) is 21.4. The Kier molecular flexibility index (Phi) is 9.57. The van der Waals surface area contributed by atoms with E-state index in [0.29, 0.717) is 0 Å². The molecule has 0 aliphatic heterocycles. The molecule has 180 valence electrons. The molecule has 2 aromatic carbocycles. The molecular weight excluding hydrogens is 485 g/mol. The summed E-state index contributed by atoms with van der Waals surface area (Å²) in [4.78, 5) is 27.6. The van der Waals surface area contributed by atoms with Crippen LogP contribution in [-0.2, 0) is 26.2 Å². The first kappa shape index (κ1) is 27.0. The number of nitrogens with one attached hydrogen (secondary N) is 1. The van der Waals surface area contributed by atoms with Gasteiger partial charge < -0.3 is 10.2 Å². The van der Waals surface area contributed by atoms with Crippen LogP contribution in [0.15, 0.2) is 48.5 Å². The number of nitrogens with zero attached hydrogens (tertiary/aromatic N) is 2. The molecule has 2 amide bonds. The fraction of sp³-hybridized carbons (Fsp3) is 0.391. The minimum absolute atomic E-state index is 0.0580. The number of anilines is 1. The van der Waals surface area contributed by atoms with Crippen molar-refractivity contribution in [1.29, 1.82) is 0 Å². The Morgan fingerprint density at radius 3 is 2.21 bits per heavy atom. The first-order chi connectivity index (χ1) is 15.4. The minimum Gasteiger partial charge on any atom is -0.352 e. The number of sulfonamides is 1. The summed E-state index contributed by atoms with van der Waals surface area (Å²) in [5.41, 5.74) is 1.02. The Morgan fingerprint density at radius 1 is 1.03 bits per heavy atom. The number of halogens is 2. The lowest BCUT2D eigenvalue weighted by Gasteiger charge is -2.32. The number of carbonyl (C=O) groups excluding carboxylic acids is 2.